The topological polar surface area (TPSA) is 64.0 Å². The quantitative estimate of drug-likeness (QED) is 0.895. The molecule has 5 nitrogen and oxygen atoms in total. The van der Waals surface area contributed by atoms with E-state index < -0.39 is 10.0 Å². The molecule has 16 heavy (non-hydrogen) atoms. The molecule has 7 heteroatoms. The van der Waals surface area contributed by atoms with Crippen molar-refractivity contribution in [3.8, 4) is 0 Å². The Hall–Kier alpha value is -0.590. The summed E-state index contributed by atoms with van der Waals surface area (Å²) in [6.07, 6.45) is 1.37. The zero-order chi connectivity index (χ0) is 12.5. The van der Waals surface area contributed by atoms with Crippen molar-refractivity contribution in [3.05, 3.63) is 11.5 Å². The second-order valence-corrected chi connectivity index (χ2v) is 6.09. The van der Waals surface area contributed by atoms with Gasteiger partial charge in [-0.2, -0.15) is 0 Å². The van der Waals surface area contributed by atoms with E-state index in [-0.39, 0.29) is 22.1 Å². The molecule has 1 rings (SSSR count). The van der Waals surface area contributed by atoms with Crippen LogP contribution in [0.2, 0.25) is 5.15 Å². The van der Waals surface area contributed by atoms with Gasteiger partial charge in [0.1, 0.15) is 5.15 Å². The lowest BCUT2D eigenvalue weighted by Crippen LogP contribution is -2.36. The van der Waals surface area contributed by atoms with Crippen LogP contribution in [0, 0.1) is 5.92 Å². The van der Waals surface area contributed by atoms with Gasteiger partial charge in [-0.3, -0.25) is 0 Å². The molecule has 0 amide bonds. The van der Waals surface area contributed by atoms with E-state index in [9.17, 15) is 8.42 Å². The monoisotopic (exact) mass is 265 g/mol. The fourth-order valence-electron chi connectivity index (χ4n) is 1.01. The number of imidazole rings is 1. The molecule has 0 saturated carbocycles. The van der Waals surface area contributed by atoms with Crippen LogP contribution in [0.5, 0.6) is 0 Å². The highest BCUT2D eigenvalue weighted by molar-refractivity contribution is 7.89. The molecule has 0 aliphatic rings. The summed E-state index contributed by atoms with van der Waals surface area (Å²) in [5.41, 5.74) is 0. The van der Waals surface area contributed by atoms with E-state index in [1.54, 1.807) is 14.0 Å². The van der Waals surface area contributed by atoms with Gasteiger partial charge in [-0.05, 0) is 12.8 Å². The van der Waals surface area contributed by atoms with Gasteiger partial charge < -0.3 is 4.57 Å². The summed E-state index contributed by atoms with van der Waals surface area (Å²) < 4.78 is 27.8. The van der Waals surface area contributed by atoms with E-state index in [0.29, 0.717) is 0 Å². The second kappa shape index (κ2) is 4.73. The number of nitrogens with one attached hydrogen (secondary N) is 1. The maximum atomic E-state index is 11.9. The van der Waals surface area contributed by atoms with Crippen molar-refractivity contribution in [2.24, 2.45) is 13.0 Å². The van der Waals surface area contributed by atoms with Crippen molar-refractivity contribution >= 4 is 21.6 Å². The maximum Gasteiger partial charge on any atom is 0.261 e. The van der Waals surface area contributed by atoms with Crippen LogP contribution < -0.4 is 4.72 Å². The lowest BCUT2D eigenvalue weighted by molar-refractivity contribution is 0.475. The maximum absolute atomic E-state index is 11.9. The van der Waals surface area contributed by atoms with E-state index in [1.807, 2.05) is 13.8 Å². The van der Waals surface area contributed by atoms with E-state index in [4.69, 9.17) is 11.6 Å². The highest BCUT2D eigenvalue weighted by atomic mass is 35.5. The Morgan fingerprint density at radius 1 is 1.44 bits per heavy atom. The molecule has 1 heterocycles. The molecular weight excluding hydrogens is 250 g/mol. The lowest BCUT2D eigenvalue weighted by Gasteiger charge is -2.16. The van der Waals surface area contributed by atoms with Gasteiger partial charge in [0.05, 0.1) is 6.33 Å². The molecule has 1 N–H and O–H groups in total. The average molecular weight is 266 g/mol. The van der Waals surface area contributed by atoms with Gasteiger partial charge in [0.25, 0.3) is 10.0 Å². The molecule has 0 bridgehead atoms. The first-order valence-corrected chi connectivity index (χ1v) is 6.81. The van der Waals surface area contributed by atoms with Crippen LogP contribution in [0.3, 0.4) is 0 Å². The van der Waals surface area contributed by atoms with Gasteiger partial charge in [-0.1, -0.05) is 25.4 Å². The van der Waals surface area contributed by atoms with Crippen LogP contribution >= 0.6 is 11.6 Å². The Kier molecular flexibility index (Phi) is 3.98. The fraction of sp³-hybridized carbons (Fsp3) is 0.667. The first kappa shape index (κ1) is 13.5. The van der Waals surface area contributed by atoms with E-state index in [1.165, 1.54) is 10.9 Å². The summed E-state index contributed by atoms with van der Waals surface area (Å²) in [5, 5.41) is -0.00683. The minimum atomic E-state index is -3.63. The molecule has 0 radical (unpaired) electrons. The average Bonchev–Trinajstić information content (AvgIpc) is 2.47. The van der Waals surface area contributed by atoms with Gasteiger partial charge in [0.15, 0.2) is 0 Å². The standard InChI is InChI=1S/C9H16ClN3O2S/c1-6(2)7(3)12-16(14,15)9-8(10)13(4)5-11-9/h5-7,12H,1-4H3/t7-/m0/s1. The van der Waals surface area contributed by atoms with Gasteiger partial charge in [0, 0.05) is 13.1 Å². The van der Waals surface area contributed by atoms with Gasteiger partial charge in [0.2, 0.25) is 5.03 Å². The van der Waals surface area contributed by atoms with Crippen LogP contribution in [0.15, 0.2) is 11.4 Å². The van der Waals surface area contributed by atoms with Crippen LogP contribution in [-0.4, -0.2) is 24.0 Å². The molecule has 1 aromatic heterocycles. The van der Waals surface area contributed by atoms with Crippen LogP contribution in [0.25, 0.3) is 0 Å². The number of aryl methyl sites for hydroxylation is 1. The van der Waals surface area contributed by atoms with Crippen LogP contribution in [-0.2, 0) is 17.1 Å². The predicted molar refractivity (Wildman–Crippen MR) is 62.8 cm³/mol. The summed E-state index contributed by atoms with van der Waals surface area (Å²) >= 11 is 5.84. The van der Waals surface area contributed by atoms with Crippen LogP contribution in [0.4, 0.5) is 0 Å². The Balaban J connectivity index is 3.00. The lowest BCUT2D eigenvalue weighted by atomic mass is 10.1. The van der Waals surface area contributed by atoms with Crippen molar-refractivity contribution in [1.29, 1.82) is 0 Å². The normalized spacial score (nSPS) is 14.4. The smallest absolute Gasteiger partial charge is 0.261 e. The Morgan fingerprint density at radius 2 is 2.00 bits per heavy atom. The van der Waals surface area contributed by atoms with Crippen molar-refractivity contribution in [2.45, 2.75) is 31.8 Å². The van der Waals surface area contributed by atoms with Crippen molar-refractivity contribution in [1.82, 2.24) is 14.3 Å². The zero-order valence-corrected chi connectivity index (χ0v) is 11.3. The van der Waals surface area contributed by atoms with Gasteiger partial charge in [-0.25, -0.2) is 18.1 Å². The molecule has 0 aliphatic heterocycles. The fourth-order valence-corrected chi connectivity index (χ4v) is 2.83. The number of hydrogen-bond acceptors (Lipinski definition) is 3. The van der Waals surface area contributed by atoms with E-state index >= 15 is 0 Å². The number of nitrogens with zero attached hydrogens (tertiary/aromatic N) is 2. The van der Waals surface area contributed by atoms with Crippen LogP contribution in [0.1, 0.15) is 20.8 Å². The molecule has 1 aromatic rings. The van der Waals surface area contributed by atoms with Crippen molar-refractivity contribution < 1.29 is 8.42 Å². The molecule has 0 spiro atoms. The second-order valence-electron chi connectivity index (χ2n) is 4.11. The number of hydrogen-bond donors (Lipinski definition) is 1. The highest BCUT2D eigenvalue weighted by Gasteiger charge is 2.24. The van der Waals surface area contributed by atoms with Crippen molar-refractivity contribution in [3.63, 3.8) is 0 Å². The summed E-state index contributed by atoms with van der Waals surface area (Å²) in [4.78, 5) is 3.78. The molecule has 0 unspecified atom stereocenters. The minimum Gasteiger partial charge on any atom is -0.324 e. The largest absolute Gasteiger partial charge is 0.324 e. The summed E-state index contributed by atoms with van der Waals surface area (Å²) in [6, 6.07) is -0.164. The van der Waals surface area contributed by atoms with E-state index in [2.05, 4.69) is 9.71 Å². The molecule has 0 aromatic carbocycles. The molecule has 0 aliphatic carbocycles. The summed E-state index contributed by atoms with van der Waals surface area (Å²) in [7, 11) is -1.99. The number of halogens is 1. The third-order valence-electron chi connectivity index (χ3n) is 2.43. The molecule has 92 valence electrons. The third kappa shape index (κ3) is 2.75. The molecule has 1 atom stereocenters. The predicted octanol–water partition coefficient (Wildman–Crippen LogP) is 1.40. The van der Waals surface area contributed by atoms with Crippen molar-refractivity contribution in [2.75, 3.05) is 0 Å². The summed E-state index contributed by atoms with van der Waals surface area (Å²) in [5.74, 6) is 0.206. The first-order chi connectivity index (χ1) is 7.25. The molecular formula is C9H16ClN3O2S. The van der Waals surface area contributed by atoms with Gasteiger partial charge >= 0.3 is 0 Å². The SMILES string of the molecule is CC(C)[C@H](C)NS(=O)(=O)c1ncn(C)c1Cl. The van der Waals surface area contributed by atoms with Gasteiger partial charge in [-0.15, -0.1) is 0 Å². The number of rotatable bonds is 4. The first-order valence-electron chi connectivity index (χ1n) is 4.95. The Morgan fingerprint density at radius 3 is 2.38 bits per heavy atom. The third-order valence-corrected chi connectivity index (χ3v) is 4.48. The number of aromatic nitrogens is 2. The summed E-state index contributed by atoms with van der Waals surface area (Å²) in [6.45, 7) is 5.68. The number of sulfonamides is 1. The minimum absolute atomic E-state index is 0.114. The highest BCUT2D eigenvalue weighted by Crippen LogP contribution is 2.19. The zero-order valence-electron chi connectivity index (χ0n) is 9.73. The molecule has 0 fully saturated rings. The Labute approximate surface area is 101 Å². The Bertz CT molecular complexity index is 467. The molecule has 0 saturated heterocycles. The van der Waals surface area contributed by atoms with E-state index in [0.717, 1.165) is 0 Å².